The van der Waals surface area contributed by atoms with Crippen LogP contribution in [0.15, 0.2) is 18.2 Å². The molecule has 0 bridgehead atoms. The minimum Gasteiger partial charge on any atom is -0.489 e. The topological polar surface area (TPSA) is 21.3 Å². The second-order valence-electron chi connectivity index (χ2n) is 3.64. The summed E-state index contributed by atoms with van der Waals surface area (Å²) in [6.07, 6.45) is 1.40. The molecule has 1 atom stereocenters. The molecule has 2 nitrogen and oxygen atoms in total. The predicted molar refractivity (Wildman–Crippen MR) is 58.1 cm³/mol. The van der Waals surface area contributed by atoms with E-state index in [0.29, 0.717) is 6.10 Å². The molecule has 1 fully saturated rings. The Morgan fingerprint density at radius 2 is 2.36 bits per heavy atom. The van der Waals surface area contributed by atoms with Gasteiger partial charge >= 0.3 is 0 Å². The van der Waals surface area contributed by atoms with Crippen LogP contribution in [0.1, 0.15) is 12.0 Å². The quantitative estimate of drug-likeness (QED) is 0.811. The lowest BCUT2D eigenvalue weighted by Gasteiger charge is -2.14. The third-order valence-corrected chi connectivity index (χ3v) is 2.68. The van der Waals surface area contributed by atoms with Gasteiger partial charge in [0.05, 0.1) is 0 Å². The van der Waals surface area contributed by atoms with Crippen LogP contribution in [0, 0.1) is 6.92 Å². The van der Waals surface area contributed by atoms with E-state index < -0.39 is 0 Å². The van der Waals surface area contributed by atoms with E-state index in [9.17, 15) is 0 Å². The first kappa shape index (κ1) is 9.81. The summed E-state index contributed by atoms with van der Waals surface area (Å²) in [5.41, 5.74) is 1.10. The maximum Gasteiger partial charge on any atom is 0.122 e. The van der Waals surface area contributed by atoms with Crippen LogP contribution in [0.3, 0.4) is 0 Å². The van der Waals surface area contributed by atoms with Gasteiger partial charge in [-0.05, 0) is 43.7 Å². The van der Waals surface area contributed by atoms with Gasteiger partial charge in [0.2, 0.25) is 0 Å². The summed E-state index contributed by atoms with van der Waals surface area (Å²) < 4.78 is 5.84. The lowest BCUT2D eigenvalue weighted by Crippen LogP contribution is -2.19. The molecule has 0 radical (unpaired) electrons. The van der Waals surface area contributed by atoms with Crippen LogP contribution in [-0.4, -0.2) is 19.2 Å². The van der Waals surface area contributed by atoms with Gasteiger partial charge in [-0.1, -0.05) is 11.6 Å². The van der Waals surface area contributed by atoms with Crippen molar-refractivity contribution in [3.63, 3.8) is 0 Å². The molecule has 1 aromatic rings. The van der Waals surface area contributed by atoms with Crippen LogP contribution in [0.4, 0.5) is 0 Å². The minimum absolute atomic E-state index is 0.315. The normalized spacial score (nSPS) is 21.1. The van der Waals surface area contributed by atoms with Crippen LogP contribution in [0.5, 0.6) is 5.75 Å². The lowest BCUT2D eigenvalue weighted by atomic mass is 10.2. The summed E-state index contributed by atoms with van der Waals surface area (Å²) >= 11 is 5.87. The first-order valence-electron chi connectivity index (χ1n) is 4.89. The van der Waals surface area contributed by atoms with Gasteiger partial charge in [0.15, 0.2) is 0 Å². The number of halogens is 1. The van der Waals surface area contributed by atoms with Crippen LogP contribution in [-0.2, 0) is 0 Å². The molecule has 1 saturated heterocycles. The smallest absolute Gasteiger partial charge is 0.122 e. The second-order valence-corrected chi connectivity index (χ2v) is 4.08. The van der Waals surface area contributed by atoms with E-state index in [1.54, 1.807) is 0 Å². The third kappa shape index (κ3) is 2.20. The molecule has 0 aliphatic carbocycles. The van der Waals surface area contributed by atoms with Gasteiger partial charge in [0.1, 0.15) is 11.9 Å². The first-order chi connectivity index (χ1) is 6.75. The highest BCUT2D eigenvalue weighted by atomic mass is 35.5. The Morgan fingerprint density at radius 1 is 1.50 bits per heavy atom. The number of nitrogens with one attached hydrogen (secondary N) is 1. The molecule has 1 aromatic carbocycles. The van der Waals surface area contributed by atoms with E-state index in [-0.39, 0.29) is 0 Å². The summed E-state index contributed by atoms with van der Waals surface area (Å²) in [7, 11) is 0. The fourth-order valence-electron chi connectivity index (χ4n) is 1.65. The third-order valence-electron chi connectivity index (χ3n) is 2.45. The highest BCUT2D eigenvalue weighted by molar-refractivity contribution is 6.30. The van der Waals surface area contributed by atoms with Crippen molar-refractivity contribution in [2.75, 3.05) is 13.1 Å². The number of hydrogen-bond acceptors (Lipinski definition) is 2. The summed E-state index contributed by atoms with van der Waals surface area (Å²) in [5, 5.41) is 4.04. The first-order valence-corrected chi connectivity index (χ1v) is 5.27. The van der Waals surface area contributed by atoms with Crippen LogP contribution in [0.25, 0.3) is 0 Å². The Hall–Kier alpha value is -0.730. The van der Waals surface area contributed by atoms with Crippen molar-refractivity contribution in [1.82, 2.24) is 5.32 Å². The van der Waals surface area contributed by atoms with Crippen molar-refractivity contribution in [3.8, 4) is 5.75 Å². The number of hydrogen-bond donors (Lipinski definition) is 1. The molecule has 14 heavy (non-hydrogen) atoms. The van der Waals surface area contributed by atoms with Crippen molar-refractivity contribution >= 4 is 11.6 Å². The monoisotopic (exact) mass is 211 g/mol. The Kier molecular flexibility index (Phi) is 2.94. The molecule has 0 amide bonds. The van der Waals surface area contributed by atoms with Gasteiger partial charge in [0.25, 0.3) is 0 Å². The second kappa shape index (κ2) is 4.20. The number of rotatable bonds is 2. The van der Waals surface area contributed by atoms with Crippen molar-refractivity contribution < 1.29 is 4.74 Å². The number of benzene rings is 1. The van der Waals surface area contributed by atoms with E-state index in [2.05, 4.69) is 5.32 Å². The van der Waals surface area contributed by atoms with Crippen LogP contribution in [0.2, 0.25) is 5.02 Å². The molecule has 1 N–H and O–H groups in total. The number of aryl methyl sites for hydroxylation is 1. The SMILES string of the molecule is Cc1cc(Cl)ccc1OC1CCNC1. The molecule has 1 heterocycles. The van der Waals surface area contributed by atoms with Gasteiger partial charge < -0.3 is 10.1 Å². The summed E-state index contributed by atoms with van der Waals surface area (Å²) in [4.78, 5) is 0. The Bertz CT molecular complexity index is 321. The molecule has 76 valence electrons. The molecule has 1 aliphatic rings. The summed E-state index contributed by atoms with van der Waals surface area (Å²) in [5.74, 6) is 0.947. The van der Waals surface area contributed by atoms with Gasteiger partial charge in [0, 0.05) is 11.6 Å². The molecule has 1 aliphatic heterocycles. The highest BCUT2D eigenvalue weighted by Crippen LogP contribution is 2.23. The zero-order valence-corrected chi connectivity index (χ0v) is 8.97. The van der Waals surface area contributed by atoms with Gasteiger partial charge in [-0.2, -0.15) is 0 Å². The molecule has 0 aromatic heterocycles. The van der Waals surface area contributed by atoms with Crippen molar-refractivity contribution in [3.05, 3.63) is 28.8 Å². The Labute approximate surface area is 89.2 Å². The summed E-state index contributed by atoms with van der Waals surface area (Å²) in [6, 6.07) is 5.74. The van der Waals surface area contributed by atoms with E-state index in [1.165, 1.54) is 0 Å². The van der Waals surface area contributed by atoms with E-state index in [1.807, 2.05) is 25.1 Å². The average molecular weight is 212 g/mol. The maximum absolute atomic E-state index is 5.87. The van der Waals surface area contributed by atoms with E-state index >= 15 is 0 Å². The van der Waals surface area contributed by atoms with E-state index in [4.69, 9.17) is 16.3 Å². The number of ether oxygens (including phenoxy) is 1. The molecular formula is C11H14ClNO. The van der Waals surface area contributed by atoms with Crippen molar-refractivity contribution in [1.29, 1.82) is 0 Å². The standard InChI is InChI=1S/C11H14ClNO/c1-8-6-9(12)2-3-11(8)14-10-4-5-13-7-10/h2-3,6,10,13H,4-5,7H2,1H3. The zero-order chi connectivity index (χ0) is 9.97. The van der Waals surface area contributed by atoms with Crippen molar-refractivity contribution in [2.45, 2.75) is 19.4 Å². The minimum atomic E-state index is 0.315. The molecule has 2 rings (SSSR count). The molecule has 1 unspecified atom stereocenters. The molecule has 3 heteroatoms. The summed E-state index contributed by atoms with van der Waals surface area (Å²) in [6.45, 7) is 4.02. The molecular weight excluding hydrogens is 198 g/mol. The fraction of sp³-hybridized carbons (Fsp3) is 0.455. The fourth-order valence-corrected chi connectivity index (χ4v) is 1.88. The van der Waals surface area contributed by atoms with Gasteiger partial charge in [-0.3, -0.25) is 0 Å². The van der Waals surface area contributed by atoms with Crippen molar-refractivity contribution in [2.24, 2.45) is 0 Å². The zero-order valence-electron chi connectivity index (χ0n) is 8.22. The van der Waals surface area contributed by atoms with Crippen LogP contribution >= 0.6 is 11.6 Å². The van der Waals surface area contributed by atoms with Gasteiger partial charge in [-0.15, -0.1) is 0 Å². The highest BCUT2D eigenvalue weighted by Gasteiger charge is 2.16. The lowest BCUT2D eigenvalue weighted by molar-refractivity contribution is 0.221. The molecule has 0 saturated carbocycles. The Morgan fingerprint density at radius 3 is 3.00 bits per heavy atom. The predicted octanol–water partition coefficient (Wildman–Crippen LogP) is 2.39. The largest absolute Gasteiger partial charge is 0.489 e. The maximum atomic E-state index is 5.87. The van der Waals surface area contributed by atoms with Gasteiger partial charge in [-0.25, -0.2) is 0 Å². The Balaban J connectivity index is 2.08. The van der Waals surface area contributed by atoms with Crippen LogP contribution < -0.4 is 10.1 Å². The molecule has 0 spiro atoms. The van der Waals surface area contributed by atoms with E-state index in [0.717, 1.165) is 35.8 Å². The average Bonchev–Trinajstić information content (AvgIpc) is 2.62.